The number of ether oxygens (including phenoxy) is 3. The third-order valence-corrected chi connectivity index (χ3v) is 15.8. The first kappa shape index (κ1) is 46.9. The van der Waals surface area contributed by atoms with E-state index in [1.807, 2.05) is 18.2 Å². The number of anilines is 2. The molecule has 4 aliphatic heterocycles. The number of H-pyrrole nitrogens is 1. The molecule has 19 heteroatoms. The molecule has 3 saturated heterocycles. The van der Waals surface area contributed by atoms with E-state index in [1.165, 1.54) is 29.0 Å². The molecule has 5 aromatic rings. The summed E-state index contributed by atoms with van der Waals surface area (Å²) < 4.78 is 48.0. The molecule has 69 heavy (non-hydrogen) atoms. The summed E-state index contributed by atoms with van der Waals surface area (Å²) in [6.07, 6.45) is 6.47. The fourth-order valence-corrected chi connectivity index (χ4v) is 11.5. The number of carbonyl (C=O) groups excluding carboxylic acids is 1. The number of amides is 1. The van der Waals surface area contributed by atoms with Crippen molar-refractivity contribution in [2.45, 2.75) is 63.1 Å². The lowest BCUT2D eigenvalue weighted by Gasteiger charge is -2.47. The molecule has 3 fully saturated rings. The maximum absolute atomic E-state index is 14.1. The van der Waals surface area contributed by atoms with Gasteiger partial charge < -0.3 is 29.4 Å². The minimum atomic E-state index is -4.67. The Bertz CT molecular complexity index is 2900. The Hall–Kier alpha value is -5.76. The van der Waals surface area contributed by atoms with E-state index in [4.69, 9.17) is 25.8 Å². The number of aromatic nitrogens is 2. The van der Waals surface area contributed by atoms with E-state index in [-0.39, 0.29) is 40.8 Å². The van der Waals surface area contributed by atoms with Crippen molar-refractivity contribution >= 4 is 61.2 Å². The van der Waals surface area contributed by atoms with Gasteiger partial charge in [-0.3, -0.25) is 29.6 Å². The molecule has 6 heterocycles. The van der Waals surface area contributed by atoms with Gasteiger partial charge >= 0.3 is 0 Å². The lowest BCUT2D eigenvalue weighted by Crippen LogP contribution is -2.61. The van der Waals surface area contributed by atoms with Crippen LogP contribution in [0.3, 0.4) is 0 Å². The number of benzene rings is 3. The molecule has 2 aromatic heterocycles. The fourth-order valence-electron chi connectivity index (χ4n) is 10.4. The predicted molar refractivity (Wildman–Crippen MR) is 265 cm³/mol. The molecule has 0 saturated carbocycles. The van der Waals surface area contributed by atoms with Crippen molar-refractivity contribution in [1.82, 2.24) is 29.4 Å². The van der Waals surface area contributed by atoms with Gasteiger partial charge in [0.05, 0.1) is 46.9 Å². The van der Waals surface area contributed by atoms with Gasteiger partial charge in [-0.2, -0.15) is 0 Å². The molecular weight excluding hydrogens is 922 g/mol. The quantitative estimate of drug-likeness (QED) is 0.0782. The first-order valence-electron chi connectivity index (χ1n) is 23.7. The van der Waals surface area contributed by atoms with Crippen LogP contribution in [0.5, 0.6) is 17.2 Å². The summed E-state index contributed by atoms with van der Waals surface area (Å²) in [6, 6.07) is 19.5. The Labute approximate surface area is 406 Å². The van der Waals surface area contributed by atoms with Crippen LogP contribution in [0.2, 0.25) is 5.02 Å². The van der Waals surface area contributed by atoms with Gasteiger partial charge in [0.1, 0.15) is 23.8 Å². The molecule has 17 nitrogen and oxygen atoms in total. The van der Waals surface area contributed by atoms with E-state index in [0.29, 0.717) is 43.1 Å². The Balaban J connectivity index is 0.850. The highest BCUT2D eigenvalue weighted by atomic mass is 35.5. The second-order valence-corrected chi connectivity index (χ2v) is 21.9. The van der Waals surface area contributed by atoms with E-state index < -0.39 is 31.4 Å². The molecule has 3 aromatic carbocycles. The summed E-state index contributed by atoms with van der Waals surface area (Å²) in [5.74, 6) is -0.505. The van der Waals surface area contributed by atoms with Crippen molar-refractivity contribution in [1.29, 1.82) is 0 Å². The smallest absolute Gasteiger partial charge is 0.297 e. The van der Waals surface area contributed by atoms with Gasteiger partial charge in [0.15, 0.2) is 11.4 Å². The summed E-state index contributed by atoms with van der Waals surface area (Å²) in [7, 11) is -4.67. The highest BCUT2D eigenvalue weighted by molar-refractivity contribution is 7.90. The standard InChI is InChI=1S/C50H58ClN9O8S/c1-32-26-57(16-19-59(32)39-30-66-31-39)28-37-29-67-46-23-41(22-44(60(62)63)47(46)54-37)69(64,65)55-49(61)42-9-8-38(21-45(42)68-40-20-34-11-13-52-48(34)53-25-40)58-17-14-56(15-18-58)27-35-10-12-50(2,3)24-43(35)33-4-6-36(51)7-5-33/h4-9,11,13,20-23,25,32,37,39,54H,10,12,14-19,24,26-31H2,1-3H3,(H,52,53)(H,55,61)/t32-,37-/m1/s1. The van der Waals surface area contributed by atoms with Gasteiger partial charge in [-0.25, -0.2) is 18.1 Å². The molecule has 0 bridgehead atoms. The van der Waals surface area contributed by atoms with E-state index in [0.717, 1.165) is 93.9 Å². The normalized spacial score (nSPS) is 21.5. The molecule has 3 N–H and O–H groups in total. The monoisotopic (exact) mass is 979 g/mol. The van der Waals surface area contributed by atoms with Crippen LogP contribution in [-0.2, 0) is 14.8 Å². The van der Waals surface area contributed by atoms with Crippen LogP contribution in [0.4, 0.5) is 17.1 Å². The highest BCUT2D eigenvalue weighted by Crippen LogP contribution is 2.44. The molecule has 0 unspecified atom stereocenters. The second kappa shape index (κ2) is 19.2. The van der Waals surface area contributed by atoms with Gasteiger partial charge in [0.25, 0.3) is 21.6 Å². The zero-order valence-corrected chi connectivity index (χ0v) is 40.7. The zero-order chi connectivity index (χ0) is 48.0. The van der Waals surface area contributed by atoms with Crippen molar-refractivity contribution in [3.05, 3.63) is 111 Å². The highest BCUT2D eigenvalue weighted by Gasteiger charge is 2.37. The van der Waals surface area contributed by atoms with E-state index in [2.05, 4.69) is 72.5 Å². The number of fused-ring (bicyclic) bond motifs is 2. The Morgan fingerprint density at radius 2 is 1.78 bits per heavy atom. The number of nitrogens with zero attached hydrogens (tertiary/aromatic N) is 6. The molecule has 0 spiro atoms. The number of rotatable bonds is 13. The van der Waals surface area contributed by atoms with Gasteiger partial charge in [0.2, 0.25) is 0 Å². The van der Waals surface area contributed by atoms with Gasteiger partial charge in [-0.1, -0.05) is 43.2 Å². The van der Waals surface area contributed by atoms with E-state index >= 15 is 0 Å². The van der Waals surface area contributed by atoms with Gasteiger partial charge in [0, 0.05) is 105 Å². The number of aromatic amines is 1. The molecule has 2 atom stereocenters. The minimum absolute atomic E-state index is 0.0129. The van der Waals surface area contributed by atoms with Crippen molar-refractivity contribution in [3.63, 3.8) is 0 Å². The average molecular weight is 981 g/mol. The number of nitro benzene ring substituents is 1. The number of allylic oxidation sites excluding steroid dienone is 1. The maximum atomic E-state index is 14.1. The molecule has 1 aliphatic carbocycles. The van der Waals surface area contributed by atoms with Crippen LogP contribution in [0, 0.1) is 15.5 Å². The molecular formula is C50H58ClN9O8S. The topological polar surface area (TPSA) is 188 Å². The van der Waals surface area contributed by atoms with Crippen molar-refractivity contribution in [2.75, 3.05) is 88.9 Å². The molecule has 364 valence electrons. The summed E-state index contributed by atoms with van der Waals surface area (Å²) in [6.45, 7) is 15.6. The van der Waals surface area contributed by atoms with Crippen LogP contribution < -0.4 is 24.4 Å². The number of pyridine rings is 1. The Morgan fingerprint density at radius 1 is 1.00 bits per heavy atom. The number of sulfonamides is 1. The zero-order valence-electron chi connectivity index (χ0n) is 39.1. The second-order valence-electron chi connectivity index (χ2n) is 19.8. The Kier molecular flexibility index (Phi) is 13.1. The van der Waals surface area contributed by atoms with Gasteiger partial charge in [-0.05, 0) is 79.1 Å². The van der Waals surface area contributed by atoms with Crippen molar-refractivity contribution in [3.8, 4) is 17.2 Å². The molecule has 1 amide bonds. The molecule has 10 rings (SSSR count). The number of carbonyl (C=O) groups is 1. The van der Waals surface area contributed by atoms with E-state index in [1.54, 1.807) is 30.5 Å². The number of halogens is 1. The number of piperazine rings is 2. The minimum Gasteiger partial charge on any atom is -0.489 e. The van der Waals surface area contributed by atoms with Crippen molar-refractivity contribution < 1.29 is 32.3 Å². The third kappa shape index (κ3) is 10.3. The summed E-state index contributed by atoms with van der Waals surface area (Å²) in [4.78, 5) is 42.5. The van der Waals surface area contributed by atoms with Crippen LogP contribution in [0.1, 0.15) is 56.0 Å². The Morgan fingerprint density at radius 3 is 2.52 bits per heavy atom. The summed E-state index contributed by atoms with van der Waals surface area (Å²) in [5, 5.41) is 17.3. The third-order valence-electron chi connectivity index (χ3n) is 14.3. The van der Waals surface area contributed by atoms with Crippen molar-refractivity contribution in [2.24, 2.45) is 5.41 Å². The lowest BCUT2D eigenvalue weighted by molar-refractivity contribution is -0.384. The average Bonchev–Trinajstić information content (AvgIpc) is 3.78. The lowest BCUT2D eigenvalue weighted by atomic mass is 9.72. The summed E-state index contributed by atoms with van der Waals surface area (Å²) in [5.41, 5.74) is 5.34. The number of nitro groups is 1. The SMILES string of the molecule is C[C@@H]1CN(C[C@@H]2COc3cc(S(=O)(=O)NC(=O)c4ccc(N5CCN(CC6=C(c7ccc(Cl)cc7)CC(C)(C)CC6)CC5)cc4Oc4cnc5[nH]ccc5c4)cc([N+](=O)[O-])c3N2)CCN1C1COC1. The number of nitrogens with one attached hydrogen (secondary N) is 3. The van der Waals surface area contributed by atoms with Crippen LogP contribution >= 0.6 is 11.6 Å². The number of hydrogen-bond donors (Lipinski definition) is 3. The van der Waals surface area contributed by atoms with Crippen LogP contribution in [0.25, 0.3) is 16.6 Å². The maximum Gasteiger partial charge on any atom is 0.297 e. The van der Waals surface area contributed by atoms with E-state index in [9.17, 15) is 23.3 Å². The summed E-state index contributed by atoms with van der Waals surface area (Å²) >= 11 is 6.26. The largest absolute Gasteiger partial charge is 0.489 e. The molecule has 5 aliphatic rings. The number of hydrogen-bond acceptors (Lipinski definition) is 14. The van der Waals surface area contributed by atoms with Gasteiger partial charge in [-0.15, -0.1) is 0 Å². The predicted octanol–water partition coefficient (Wildman–Crippen LogP) is 7.40. The van der Waals surface area contributed by atoms with Crippen LogP contribution in [0.15, 0.2) is 89.6 Å². The first-order valence-corrected chi connectivity index (χ1v) is 25.5. The molecule has 0 radical (unpaired) electrons. The first-order chi connectivity index (χ1) is 33.1. The fraction of sp³-hybridized carbons (Fsp3) is 0.440. The van der Waals surface area contributed by atoms with Crippen LogP contribution in [-0.4, -0.2) is 141 Å².